The number of hydrogen-bond acceptors (Lipinski definition) is 6. The van der Waals surface area contributed by atoms with Gasteiger partial charge in [0.25, 0.3) is 0 Å². The lowest BCUT2D eigenvalue weighted by atomic mass is 10.2. The number of benzene rings is 1. The lowest BCUT2D eigenvalue weighted by molar-refractivity contribution is 0.291. The van der Waals surface area contributed by atoms with Crippen LogP contribution in [-0.4, -0.2) is 43.3 Å². The molecule has 1 aliphatic heterocycles. The highest BCUT2D eigenvalue weighted by Gasteiger charge is 2.12. The summed E-state index contributed by atoms with van der Waals surface area (Å²) in [6, 6.07) is 7.80. The van der Waals surface area contributed by atoms with E-state index in [4.69, 9.17) is 9.47 Å². The first-order valence-corrected chi connectivity index (χ1v) is 7.38. The van der Waals surface area contributed by atoms with Gasteiger partial charge in [0.2, 0.25) is 5.88 Å². The van der Waals surface area contributed by atoms with Gasteiger partial charge in [0.1, 0.15) is 12.4 Å². The van der Waals surface area contributed by atoms with Crippen molar-refractivity contribution in [2.45, 2.75) is 6.61 Å². The van der Waals surface area contributed by atoms with Crippen LogP contribution in [0.3, 0.4) is 0 Å². The summed E-state index contributed by atoms with van der Waals surface area (Å²) in [7, 11) is 1.66. The molecule has 1 aliphatic rings. The van der Waals surface area contributed by atoms with Gasteiger partial charge < -0.3 is 19.7 Å². The van der Waals surface area contributed by atoms with E-state index in [0.717, 1.165) is 43.3 Å². The molecule has 2 heterocycles. The van der Waals surface area contributed by atoms with Crippen LogP contribution in [0.5, 0.6) is 11.6 Å². The highest BCUT2D eigenvalue weighted by molar-refractivity contribution is 5.38. The van der Waals surface area contributed by atoms with Crippen LogP contribution >= 0.6 is 0 Å². The van der Waals surface area contributed by atoms with Gasteiger partial charge in [-0.3, -0.25) is 4.98 Å². The fourth-order valence-corrected chi connectivity index (χ4v) is 2.37. The molecule has 0 amide bonds. The van der Waals surface area contributed by atoms with E-state index in [-0.39, 0.29) is 0 Å². The quantitative estimate of drug-likeness (QED) is 0.902. The molecule has 0 atom stereocenters. The number of ether oxygens (including phenoxy) is 2. The monoisotopic (exact) mass is 300 g/mol. The molecule has 0 spiro atoms. The van der Waals surface area contributed by atoms with Crippen molar-refractivity contribution in [2.24, 2.45) is 0 Å². The molecule has 0 aliphatic carbocycles. The Morgan fingerprint density at radius 1 is 1.23 bits per heavy atom. The zero-order chi connectivity index (χ0) is 15.2. The fourth-order valence-electron chi connectivity index (χ4n) is 2.37. The van der Waals surface area contributed by atoms with E-state index in [1.807, 2.05) is 24.3 Å². The molecule has 2 aromatic rings. The Hall–Kier alpha value is -2.34. The lowest BCUT2D eigenvalue weighted by Crippen LogP contribution is -2.43. The van der Waals surface area contributed by atoms with E-state index in [1.54, 1.807) is 19.5 Å². The summed E-state index contributed by atoms with van der Waals surface area (Å²) in [6.07, 6.45) is 3.43. The van der Waals surface area contributed by atoms with Crippen LogP contribution in [-0.2, 0) is 6.61 Å². The Balaban J connectivity index is 1.64. The predicted octanol–water partition coefficient (Wildman–Crippen LogP) is 1.47. The van der Waals surface area contributed by atoms with E-state index in [2.05, 4.69) is 20.2 Å². The van der Waals surface area contributed by atoms with Crippen molar-refractivity contribution in [1.82, 2.24) is 15.3 Å². The molecule has 0 unspecified atom stereocenters. The number of hydrogen-bond donors (Lipinski definition) is 1. The number of nitrogens with one attached hydrogen (secondary N) is 1. The van der Waals surface area contributed by atoms with Gasteiger partial charge in [-0.15, -0.1) is 0 Å². The van der Waals surface area contributed by atoms with Crippen LogP contribution in [0.2, 0.25) is 0 Å². The zero-order valence-corrected chi connectivity index (χ0v) is 12.7. The Kier molecular flexibility index (Phi) is 4.70. The maximum absolute atomic E-state index is 5.75. The van der Waals surface area contributed by atoms with Gasteiger partial charge in [-0.05, 0) is 17.7 Å². The third-order valence-electron chi connectivity index (χ3n) is 3.56. The predicted molar refractivity (Wildman–Crippen MR) is 84.4 cm³/mol. The Bertz CT molecular complexity index is 615. The summed E-state index contributed by atoms with van der Waals surface area (Å²) in [5, 5.41) is 3.32. The first-order chi connectivity index (χ1) is 10.8. The second-order valence-corrected chi connectivity index (χ2v) is 5.09. The molecule has 6 heteroatoms. The fraction of sp³-hybridized carbons (Fsp3) is 0.375. The molecule has 0 radical (unpaired) electrons. The molecule has 116 valence electrons. The smallest absolute Gasteiger partial charge is 0.234 e. The van der Waals surface area contributed by atoms with Crippen molar-refractivity contribution in [2.75, 3.05) is 38.2 Å². The topological polar surface area (TPSA) is 59.5 Å². The Morgan fingerprint density at radius 2 is 2.09 bits per heavy atom. The van der Waals surface area contributed by atoms with Crippen LogP contribution in [0.15, 0.2) is 36.7 Å². The molecular weight excluding hydrogens is 280 g/mol. The lowest BCUT2D eigenvalue weighted by Gasteiger charge is -2.28. The molecule has 1 saturated heterocycles. The molecule has 22 heavy (non-hydrogen) atoms. The van der Waals surface area contributed by atoms with E-state index in [1.165, 1.54) is 0 Å². The second kappa shape index (κ2) is 7.09. The molecule has 0 bridgehead atoms. The van der Waals surface area contributed by atoms with E-state index in [9.17, 15) is 0 Å². The number of piperazine rings is 1. The minimum atomic E-state index is 0.441. The third kappa shape index (κ3) is 3.65. The van der Waals surface area contributed by atoms with Crippen LogP contribution < -0.4 is 19.7 Å². The van der Waals surface area contributed by atoms with E-state index in [0.29, 0.717) is 12.5 Å². The first-order valence-electron chi connectivity index (χ1n) is 7.38. The summed E-state index contributed by atoms with van der Waals surface area (Å²) in [5.41, 5.74) is 1.04. The van der Waals surface area contributed by atoms with Crippen molar-refractivity contribution < 1.29 is 9.47 Å². The Morgan fingerprint density at radius 3 is 2.91 bits per heavy atom. The highest BCUT2D eigenvalue weighted by Crippen LogP contribution is 2.17. The summed E-state index contributed by atoms with van der Waals surface area (Å²) < 4.78 is 11.0. The van der Waals surface area contributed by atoms with E-state index >= 15 is 0 Å². The number of methoxy groups -OCH3 is 1. The van der Waals surface area contributed by atoms with Crippen LogP contribution in [0.25, 0.3) is 0 Å². The molecule has 1 fully saturated rings. The highest BCUT2D eigenvalue weighted by atomic mass is 16.5. The molecule has 1 N–H and O–H groups in total. The average molecular weight is 300 g/mol. The van der Waals surface area contributed by atoms with Gasteiger partial charge in [0, 0.05) is 26.2 Å². The summed E-state index contributed by atoms with van der Waals surface area (Å²) in [6.45, 7) is 4.26. The van der Waals surface area contributed by atoms with Crippen LogP contribution in [0.4, 0.5) is 5.82 Å². The number of nitrogens with zero attached hydrogens (tertiary/aromatic N) is 3. The second-order valence-electron chi connectivity index (χ2n) is 5.09. The molecule has 1 aromatic carbocycles. The minimum absolute atomic E-state index is 0.441. The van der Waals surface area contributed by atoms with Gasteiger partial charge in [-0.1, -0.05) is 12.1 Å². The normalized spacial score (nSPS) is 14.7. The number of rotatable bonds is 5. The van der Waals surface area contributed by atoms with Crippen molar-refractivity contribution >= 4 is 5.82 Å². The van der Waals surface area contributed by atoms with Crippen LogP contribution in [0.1, 0.15) is 5.56 Å². The van der Waals surface area contributed by atoms with Crippen molar-refractivity contribution in [1.29, 1.82) is 0 Å². The summed E-state index contributed by atoms with van der Waals surface area (Å²) in [5.74, 6) is 2.23. The van der Waals surface area contributed by atoms with Gasteiger partial charge >= 0.3 is 0 Å². The Labute approximate surface area is 130 Å². The van der Waals surface area contributed by atoms with Gasteiger partial charge in [-0.25, -0.2) is 0 Å². The van der Waals surface area contributed by atoms with Crippen LogP contribution in [0, 0.1) is 0 Å². The molecule has 1 aromatic heterocycles. The first kappa shape index (κ1) is 14.6. The maximum atomic E-state index is 5.75. The minimum Gasteiger partial charge on any atom is -0.497 e. The molecular formula is C16H20N4O2. The molecule has 0 saturated carbocycles. The van der Waals surface area contributed by atoms with Crippen molar-refractivity contribution in [3.05, 3.63) is 42.2 Å². The molecule has 6 nitrogen and oxygen atoms in total. The molecule has 3 rings (SSSR count). The van der Waals surface area contributed by atoms with Gasteiger partial charge in [-0.2, -0.15) is 4.98 Å². The largest absolute Gasteiger partial charge is 0.497 e. The van der Waals surface area contributed by atoms with E-state index < -0.39 is 0 Å². The standard InChI is InChI=1S/C16H20N4O2/c1-21-14-4-2-3-13(9-14)12-22-16-11-18-10-15(19-16)20-7-5-17-6-8-20/h2-4,9-11,17H,5-8,12H2,1H3. The third-order valence-corrected chi connectivity index (χ3v) is 3.56. The number of aromatic nitrogens is 2. The number of anilines is 1. The summed E-state index contributed by atoms with van der Waals surface area (Å²) in [4.78, 5) is 11.0. The maximum Gasteiger partial charge on any atom is 0.234 e. The van der Waals surface area contributed by atoms with Crippen molar-refractivity contribution in [3.63, 3.8) is 0 Å². The zero-order valence-electron chi connectivity index (χ0n) is 12.7. The summed E-state index contributed by atoms with van der Waals surface area (Å²) >= 11 is 0. The van der Waals surface area contributed by atoms with Crippen molar-refractivity contribution in [3.8, 4) is 11.6 Å². The SMILES string of the molecule is COc1cccc(COc2cncc(N3CCNCC3)n2)c1. The average Bonchev–Trinajstić information content (AvgIpc) is 2.61. The van der Waals surface area contributed by atoms with Gasteiger partial charge in [0.15, 0.2) is 5.82 Å². The van der Waals surface area contributed by atoms with Gasteiger partial charge in [0.05, 0.1) is 19.5 Å².